The minimum absolute atomic E-state index is 0. The summed E-state index contributed by atoms with van der Waals surface area (Å²) in [5.74, 6) is 0. The van der Waals surface area contributed by atoms with Gasteiger partial charge in [-0.15, -0.1) is 0 Å². The van der Waals surface area contributed by atoms with E-state index in [1.54, 1.807) is 0 Å². The van der Waals surface area contributed by atoms with Crippen molar-refractivity contribution in [3.8, 4) is 0 Å². The smallest absolute Gasteiger partial charge is 0 e. The molecule has 5 heavy (non-hydrogen) atoms. The van der Waals surface area contributed by atoms with E-state index in [0.717, 1.165) is 0 Å². The molecule has 0 aromatic rings. The van der Waals surface area contributed by atoms with Crippen LogP contribution < -0.4 is 0 Å². The van der Waals surface area contributed by atoms with E-state index >= 15 is 0 Å². The number of hydrogen-bond donors (Lipinski definition) is 0. The molecule has 0 amide bonds. The van der Waals surface area contributed by atoms with Crippen molar-refractivity contribution < 1.29 is 58.4 Å². The predicted octanol–water partition coefficient (Wildman–Crippen LogP) is 0.109. The first kappa shape index (κ1) is 47.0. The maximum Gasteiger partial charge on any atom is 0 e. The molecule has 2 unspecified atom stereocenters. The topological polar surface area (TPSA) is 0 Å². The third kappa shape index (κ3) is 20.2. The molecule has 0 saturated carbocycles. The first-order chi connectivity index (χ1) is 0. The molecule has 0 radical (unpaired) electrons. The van der Waals surface area contributed by atoms with E-state index in [9.17, 15) is 0 Å². The van der Waals surface area contributed by atoms with Crippen molar-refractivity contribution in [2.45, 2.75) is 0 Å². The molecular formula is H6P2Zn3. The van der Waals surface area contributed by atoms with E-state index in [-0.39, 0.29) is 78.2 Å². The molecule has 5 heteroatoms. The minimum Gasteiger partial charge on any atom is -0.153 e. The van der Waals surface area contributed by atoms with Crippen molar-refractivity contribution in [3.63, 3.8) is 0 Å². The molecule has 0 aromatic heterocycles. The second kappa shape index (κ2) is 29.6. The molecule has 0 heterocycles. The van der Waals surface area contributed by atoms with Crippen LogP contribution in [0.3, 0.4) is 0 Å². The van der Waals surface area contributed by atoms with Crippen LogP contribution in [0, 0.1) is 0 Å². The Bertz CT molecular complexity index is 4.85. The van der Waals surface area contributed by atoms with Crippen LogP contribution in [0.1, 0.15) is 0 Å². The van der Waals surface area contributed by atoms with Gasteiger partial charge in [0.1, 0.15) is 0 Å². The van der Waals surface area contributed by atoms with Crippen LogP contribution >= 0.6 is 19.8 Å². The van der Waals surface area contributed by atoms with Crippen molar-refractivity contribution in [1.29, 1.82) is 0 Å². The van der Waals surface area contributed by atoms with E-state index in [0.29, 0.717) is 0 Å². The largest absolute Gasteiger partial charge is 0.153 e. The van der Waals surface area contributed by atoms with Gasteiger partial charge >= 0.3 is 0 Å². The minimum atomic E-state index is 0. The Kier molecular flexibility index (Phi) is 279. The first-order valence-corrected chi connectivity index (χ1v) is 0. The van der Waals surface area contributed by atoms with Crippen molar-refractivity contribution in [1.82, 2.24) is 0 Å². The summed E-state index contributed by atoms with van der Waals surface area (Å²) in [6.45, 7) is 0. The second-order valence-corrected chi connectivity index (χ2v) is 0. The van der Waals surface area contributed by atoms with Crippen molar-refractivity contribution in [2.75, 3.05) is 0 Å². The Morgan fingerprint density at radius 3 is 0.400 bits per heavy atom. The number of rotatable bonds is 0. The zero-order chi connectivity index (χ0) is 0. The van der Waals surface area contributed by atoms with E-state index in [4.69, 9.17) is 0 Å². The SMILES string of the molecule is P.P.[Zn].[Zn].[Zn]. The molecule has 0 aliphatic heterocycles. The van der Waals surface area contributed by atoms with E-state index in [2.05, 4.69) is 0 Å². The average Bonchev–Trinajstić information content (AvgIpc) is 0. The second-order valence-electron chi connectivity index (χ2n) is 0. The third-order valence-corrected chi connectivity index (χ3v) is 0. The maximum atomic E-state index is 0. The Labute approximate surface area is 77.5 Å². The zero-order valence-electron chi connectivity index (χ0n) is 3.54. The predicted molar refractivity (Wildman–Crippen MR) is 22.2 cm³/mol. The van der Waals surface area contributed by atoms with Gasteiger partial charge in [0.25, 0.3) is 0 Å². The van der Waals surface area contributed by atoms with Gasteiger partial charge in [-0.25, -0.2) is 0 Å². The summed E-state index contributed by atoms with van der Waals surface area (Å²) in [7, 11) is 0. The Morgan fingerprint density at radius 1 is 0.400 bits per heavy atom. The molecule has 0 bridgehead atoms. The Morgan fingerprint density at radius 2 is 0.400 bits per heavy atom. The van der Waals surface area contributed by atoms with Gasteiger partial charge in [-0.2, -0.15) is 19.8 Å². The summed E-state index contributed by atoms with van der Waals surface area (Å²) >= 11 is 0. The van der Waals surface area contributed by atoms with Crippen LogP contribution in [0.2, 0.25) is 0 Å². The average molecular weight is 264 g/mol. The van der Waals surface area contributed by atoms with Gasteiger partial charge < -0.3 is 0 Å². The molecule has 0 aliphatic rings. The molecule has 0 aliphatic carbocycles. The molecule has 0 saturated heterocycles. The molecule has 0 N–H and O–H groups in total. The summed E-state index contributed by atoms with van der Waals surface area (Å²) in [4.78, 5) is 0. The van der Waals surface area contributed by atoms with Gasteiger partial charge in [0, 0.05) is 58.4 Å². The molecule has 0 fully saturated rings. The third-order valence-electron chi connectivity index (χ3n) is 0. The van der Waals surface area contributed by atoms with Crippen LogP contribution in [0.15, 0.2) is 0 Å². The summed E-state index contributed by atoms with van der Waals surface area (Å²) in [6.07, 6.45) is 0. The summed E-state index contributed by atoms with van der Waals surface area (Å²) in [5.41, 5.74) is 0. The fraction of sp³-hybridized carbons (Fsp3) is 0. The zero-order valence-corrected chi connectivity index (χ0v) is 15.3. The molecule has 22 valence electrons. The fourth-order valence-electron chi connectivity index (χ4n) is 0. The van der Waals surface area contributed by atoms with Crippen LogP contribution in [0.25, 0.3) is 0 Å². The molecular weight excluding hydrogens is 258 g/mol. The van der Waals surface area contributed by atoms with Gasteiger partial charge in [0.05, 0.1) is 0 Å². The van der Waals surface area contributed by atoms with Crippen LogP contribution in [0.4, 0.5) is 0 Å². The Hall–Kier alpha value is 2.73. The van der Waals surface area contributed by atoms with Gasteiger partial charge in [-0.05, 0) is 0 Å². The van der Waals surface area contributed by atoms with Crippen LogP contribution in [-0.2, 0) is 58.4 Å². The Balaban J connectivity index is 0. The van der Waals surface area contributed by atoms with Gasteiger partial charge in [0.2, 0.25) is 0 Å². The normalized spacial score (nSPS) is 0. The van der Waals surface area contributed by atoms with Crippen LogP contribution in [0.5, 0.6) is 0 Å². The van der Waals surface area contributed by atoms with Gasteiger partial charge in [-0.3, -0.25) is 0 Å². The van der Waals surface area contributed by atoms with E-state index in [1.165, 1.54) is 0 Å². The molecule has 0 spiro atoms. The molecule has 0 nitrogen and oxygen atoms in total. The van der Waals surface area contributed by atoms with Crippen molar-refractivity contribution in [2.24, 2.45) is 0 Å². The van der Waals surface area contributed by atoms with Crippen LogP contribution in [-0.4, -0.2) is 0 Å². The summed E-state index contributed by atoms with van der Waals surface area (Å²) in [6, 6.07) is 0. The monoisotopic (exact) mass is 260 g/mol. The standard InChI is InChI=1S/2H3P.3Zn/h2*1H3;;;. The summed E-state index contributed by atoms with van der Waals surface area (Å²) < 4.78 is 0. The van der Waals surface area contributed by atoms with Crippen molar-refractivity contribution >= 4 is 19.8 Å². The quantitative estimate of drug-likeness (QED) is 0.430. The van der Waals surface area contributed by atoms with Crippen molar-refractivity contribution in [3.05, 3.63) is 0 Å². The van der Waals surface area contributed by atoms with Gasteiger partial charge in [-0.1, -0.05) is 0 Å². The molecule has 0 rings (SSSR count). The number of hydrogen-bond acceptors (Lipinski definition) is 0. The molecule has 0 aromatic carbocycles. The van der Waals surface area contributed by atoms with E-state index < -0.39 is 0 Å². The fourth-order valence-corrected chi connectivity index (χ4v) is 0. The maximum absolute atomic E-state index is 0. The first-order valence-electron chi connectivity index (χ1n) is 0. The molecule has 2 atom stereocenters. The van der Waals surface area contributed by atoms with E-state index in [1.807, 2.05) is 0 Å². The van der Waals surface area contributed by atoms with Gasteiger partial charge in [0.15, 0.2) is 0 Å². The summed E-state index contributed by atoms with van der Waals surface area (Å²) in [5, 5.41) is 0.